The largest absolute Gasteiger partial charge is 0.481 e. The molecule has 156 valence electrons. The van der Waals surface area contributed by atoms with E-state index in [2.05, 4.69) is 25.6 Å². The van der Waals surface area contributed by atoms with Crippen LogP contribution in [0.5, 0.6) is 5.88 Å². The first kappa shape index (κ1) is 21.1. The summed E-state index contributed by atoms with van der Waals surface area (Å²) in [5, 5.41) is 6.70. The number of thiazole rings is 1. The Balaban J connectivity index is 1.79. The molecule has 0 spiro atoms. The summed E-state index contributed by atoms with van der Waals surface area (Å²) in [5.41, 5.74) is 0.352. The highest BCUT2D eigenvalue weighted by Crippen LogP contribution is 2.19. The average Bonchev–Trinajstić information content (AvgIpc) is 3.20. The van der Waals surface area contributed by atoms with E-state index < -0.39 is 22.0 Å². The summed E-state index contributed by atoms with van der Waals surface area (Å²) in [6, 6.07) is 5.90. The van der Waals surface area contributed by atoms with Gasteiger partial charge in [0.2, 0.25) is 11.8 Å². The fourth-order valence-electron chi connectivity index (χ4n) is 2.34. The van der Waals surface area contributed by atoms with E-state index in [9.17, 15) is 18.0 Å². The molecule has 0 aliphatic heterocycles. The van der Waals surface area contributed by atoms with E-state index in [4.69, 9.17) is 4.74 Å². The van der Waals surface area contributed by atoms with Crippen molar-refractivity contribution in [1.82, 2.24) is 19.7 Å². The maximum Gasteiger partial charge on any atom is 0.335 e. The summed E-state index contributed by atoms with van der Waals surface area (Å²) in [4.78, 5) is 36.2. The van der Waals surface area contributed by atoms with Gasteiger partial charge in [0.15, 0.2) is 5.13 Å². The lowest BCUT2D eigenvalue weighted by Gasteiger charge is -2.12. The molecule has 0 bridgehead atoms. The first-order valence-electron chi connectivity index (χ1n) is 8.32. The van der Waals surface area contributed by atoms with Crippen molar-refractivity contribution in [1.29, 1.82) is 0 Å². The summed E-state index contributed by atoms with van der Waals surface area (Å²) in [6.45, 7) is 1.65. The number of ether oxygens (including phenoxy) is 1. The fourth-order valence-corrected chi connectivity index (χ4v) is 3.98. The van der Waals surface area contributed by atoms with E-state index >= 15 is 0 Å². The number of anilines is 2. The molecule has 0 unspecified atom stereocenters. The van der Waals surface area contributed by atoms with Gasteiger partial charge in [-0.3, -0.25) is 15.4 Å². The molecule has 0 aliphatic carbocycles. The van der Waals surface area contributed by atoms with E-state index in [0.29, 0.717) is 10.8 Å². The monoisotopic (exact) mass is 448 g/mol. The van der Waals surface area contributed by atoms with Gasteiger partial charge in [0, 0.05) is 23.3 Å². The van der Waals surface area contributed by atoms with Gasteiger partial charge >= 0.3 is 6.03 Å². The molecule has 0 radical (unpaired) electrons. The van der Waals surface area contributed by atoms with Crippen LogP contribution in [0.2, 0.25) is 0 Å². The minimum Gasteiger partial charge on any atom is -0.481 e. The van der Waals surface area contributed by atoms with Gasteiger partial charge in [0.05, 0.1) is 12.7 Å². The summed E-state index contributed by atoms with van der Waals surface area (Å²) < 4.78 is 32.3. The number of aromatic nitrogens is 3. The first-order valence-corrected chi connectivity index (χ1v) is 10.7. The molecule has 0 fully saturated rings. The SMILES string of the molecule is COc1cc(C)nc(NC(=O)NS(=O)(=O)c2ccccc2C(=O)Nc2nccs2)n1. The molecule has 0 saturated carbocycles. The van der Waals surface area contributed by atoms with Crippen molar-refractivity contribution in [3.63, 3.8) is 0 Å². The zero-order chi connectivity index (χ0) is 21.7. The minimum absolute atomic E-state index is 0.144. The molecule has 1 aromatic carbocycles. The lowest BCUT2D eigenvalue weighted by atomic mass is 10.2. The predicted octanol–water partition coefficient (Wildman–Crippen LogP) is 2.01. The number of amides is 3. The van der Waals surface area contributed by atoms with Crippen LogP contribution in [-0.2, 0) is 10.0 Å². The number of nitrogens with one attached hydrogen (secondary N) is 3. The molecule has 3 aromatic rings. The normalized spacial score (nSPS) is 10.9. The number of rotatable bonds is 6. The quantitative estimate of drug-likeness (QED) is 0.518. The van der Waals surface area contributed by atoms with E-state index in [-0.39, 0.29) is 22.3 Å². The van der Waals surface area contributed by atoms with Gasteiger partial charge in [-0.25, -0.2) is 27.9 Å². The Bertz CT molecular complexity index is 1180. The van der Waals surface area contributed by atoms with Gasteiger partial charge in [0.25, 0.3) is 15.9 Å². The maximum absolute atomic E-state index is 12.7. The van der Waals surface area contributed by atoms with Crippen LogP contribution in [-0.4, -0.2) is 42.4 Å². The van der Waals surface area contributed by atoms with E-state index in [1.165, 1.54) is 55.0 Å². The second-order valence-electron chi connectivity index (χ2n) is 5.72. The van der Waals surface area contributed by atoms with Crippen LogP contribution < -0.4 is 20.1 Å². The Kier molecular flexibility index (Phi) is 6.23. The van der Waals surface area contributed by atoms with Crippen molar-refractivity contribution in [2.45, 2.75) is 11.8 Å². The van der Waals surface area contributed by atoms with Crippen molar-refractivity contribution in [2.24, 2.45) is 0 Å². The zero-order valence-electron chi connectivity index (χ0n) is 15.7. The van der Waals surface area contributed by atoms with Gasteiger partial charge in [-0.05, 0) is 19.1 Å². The Labute approximate surface area is 175 Å². The van der Waals surface area contributed by atoms with Crippen LogP contribution in [0.3, 0.4) is 0 Å². The van der Waals surface area contributed by atoms with Crippen molar-refractivity contribution < 1.29 is 22.7 Å². The lowest BCUT2D eigenvalue weighted by molar-refractivity contribution is 0.102. The van der Waals surface area contributed by atoms with Crippen LogP contribution in [0.4, 0.5) is 15.9 Å². The molecule has 30 heavy (non-hydrogen) atoms. The van der Waals surface area contributed by atoms with Crippen molar-refractivity contribution in [3.8, 4) is 5.88 Å². The smallest absolute Gasteiger partial charge is 0.335 e. The third-order valence-corrected chi connectivity index (χ3v) is 5.64. The number of aryl methyl sites for hydroxylation is 1. The number of sulfonamides is 1. The molecule has 2 heterocycles. The van der Waals surface area contributed by atoms with Crippen LogP contribution in [0.1, 0.15) is 16.1 Å². The van der Waals surface area contributed by atoms with Crippen LogP contribution in [0.15, 0.2) is 46.8 Å². The number of benzene rings is 1. The standard InChI is InChI=1S/C17H16N6O5S2/c1-10-9-13(28-2)20-15(19-10)22-16(25)23-30(26,27)12-6-4-3-5-11(12)14(24)21-17-18-7-8-29-17/h3-9H,1-2H3,(H,18,21,24)(H2,19,20,22,23,25). The van der Waals surface area contributed by atoms with Crippen molar-refractivity contribution in [3.05, 3.63) is 53.2 Å². The maximum atomic E-state index is 12.7. The third kappa shape index (κ3) is 5.07. The molecule has 11 nitrogen and oxygen atoms in total. The highest BCUT2D eigenvalue weighted by molar-refractivity contribution is 7.90. The molecular formula is C17H16N6O5S2. The van der Waals surface area contributed by atoms with E-state index in [0.717, 1.165) is 0 Å². The molecule has 2 aromatic heterocycles. The number of hydrogen-bond acceptors (Lipinski definition) is 9. The fraction of sp³-hybridized carbons (Fsp3) is 0.118. The van der Waals surface area contributed by atoms with Crippen LogP contribution in [0, 0.1) is 6.92 Å². The Hall–Kier alpha value is -3.58. The number of nitrogens with zero attached hydrogens (tertiary/aromatic N) is 3. The molecule has 0 saturated heterocycles. The second-order valence-corrected chi connectivity index (χ2v) is 8.27. The first-order chi connectivity index (χ1) is 14.3. The van der Waals surface area contributed by atoms with Gasteiger partial charge in [-0.2, -0.15) is 4.98 Å². The number of urea groups is 1. The van der Waals surface area contributed by atoms with E-state index in [1.54, 1.807) is 12.3 Å². The van der Waals surface area contributed by atoms with Gasteiger partial charge in [0.1, 0.15) is 4.90 Å². The number of methoxy groups -OCH3 is 1. The summed E-state index contributed by atoms with van der Waals surface area (Å²) in [6.07, 6.45) is 1.50. The zero-order valence-corrected chi connectivity index (χ0v) is 17.4. The van der Waals surface area contributed by atoms with Crippen molar-refractivity contribution >= 4 is 44.4 Å². The summed E-state index contributed by atoms with van der Waals surface area (Å²) in [5.74, 6) is -0.628. The highest BCUT2D eigenvalue weighted by Gasteiger charge is 2.25. The predicted molar refractivity (Wildman–Crippen MR) is 109 cm³/mol. The molecule has 3 amide bonds. The van der Waals surface area contributed by atoms with Crippen LogP contribution in [0.25, 0.3) is 0 Å². The number of carbonyl (C=O) groups is 2. The number of hydrogen-bond donors (Lipinski definition) is 3. The Morgan fingerprint density at radius 1 is 1.13 bits per heavy atom. The molecule has 0 aliphatic rings. The summed E-state index contributed by atoms with van der Waals surface area (Å²) >= 11 is 1.18. The second kappa shape index (κ2) is 8.84. The van der Waals surface area contributed by atoms with Crippen molar-refractivity contribution in [2.75, 3.05) is 17.7 Å². The highest BCUT2D eigenvalue weighted by atomic mass is 32.2. The van der Waals surface area contributed by atoms with E-state index in [1.807, 2.05) is 4.72 Å². The van der Waals surface area contributed by atoms with Gasteiger partial charge in [-0.1, -0.05) is 12.1 Å². The molecular weight excluding hydrogens is 432 g/mol. The Morgan fingerprint density at radius 2 is 1.90 bits per heavy atom. The molecule has 13 heteroatoms. The molecule has 0 atom stereocenters. The van der Waals surface area contributed by atoms with Crippen LogP contribution >= 0.6 is 11.3 Å². The summed E-state index contributed by atoms with van der Waals surface area (Å²) in [7, 11) is -2.99. The lowest BCUT2D eigenvalue weighted by Crippen LogP contribution is -2.36. The number of carbonyl (C=O) groups excluding carboxylic acids is 2. The molecule has 3 rings (SSSR count). The van der Waals surface area contributed by atoms with Gasteiger partial charge in [-0.15, -0.1) is 11.3 Å². The van der Waals surface area contributed by atoms with Gasteiger partial charge < -0.3 is 4.74 Å². The minimum atomic E-state index is -4.39. The topological polar surface area (TPSA) is 152 Å². The average molecular weight is 448 g/mol. The molecule has 3 N–H and O–H groups in total. The third-order valence-electron chi connectivity index (χ3n) is 3.57. The Morgan fingerprint density at radius 3 is 2.60 bits per heavy atom.